The van der Waals surface area contributed by atoms with Crippen LogP contribution in [0.1, 0.15) is 12.5 Å². The van der Waals surface area contributed by atoms with E-state index in [1.54, 1.807) is 14.0 Å². The molecule has 0 spiro atoms. The number of carbonyl (C=O) groups is 1. The molecule has 1 aliphatic heterocycles. The Balaban J connectivity index is 1.85. The number of ether oxygens (including phenoxy) is 1. The van der Waals surface area contributed by atoms with Crippen LogP contribution in [0.15, 0.2) is 71.5 Å². The second-order valence-electron chi connectivity index (χ2n) is 6.14. The van der Waals surface area contributed by atoms with Gasteiger partial charge < -0.3 is 4.74 Å². The molecule has 6 heteroatoms. The molecule has 0 unspecified atom stereocenters. The number of para-hydroxylation sites is 1. The molecule has 1 amide bonds. The molecule has 27 heavy (non-hydrogen) atoms. The van der Waals surface area contributed by atoms with Crippen molar-refractivity contribution in [2.45, 2.75) is 6.92 Å². The summed E-state index contributed by atoms with van der Waals surface area (Å²) < 4.78 is 7.05. The number of methoxy groups -OCH3 is 1. The Hall–Kier alpha value is -3.67. The summed E-state index contributed by atoms with van der Waals surface area (Å²) in [6.07, 6.45) is 3.74. The van der Waals surface area contributed by atoms with E-state index < -0.39 is 0 Å². The Bertz CT molecular complexity index is 1050. The predicted molar refractivity (Wildman–Crippen MR) is 105 cm³/mol. The molecule has 0 atom stereocenters. The number of amides is 1. The van der Waals surface area contributed by atoms with Crippen LogP contribution in [0.25, 0.3) is 23.0 Å². The van der Waals surface area contributed by atoms with Crippen molar-refractivity contribution < 1.29 is 9.53 Å². The highest BCUT2D eigenvalue weighted by molar-refractivity contribution is 6.26. The summed E-state index contributed by atoms with van der Waals surface area (Å²) in [4.78, 5) is 12.1. The topological polar surface area (TPSA) is 68.5 Å². The monoisotopic (exact) mass is 358 g/mol. The first kappa shape index (κ1) is 16.8. The number of aromatic nitrogens is 2. The van der Waals surface area contributed by atoms with Crippen LogP contribution in [0.2, 0.25) is 0 Å². The third kappa shape index (κ3) is 3.25. The molecule has 2 aromatic carbocycles. The van der Waals surface area contributed by atoms with Crippen molar-refractivity contribution in [3.05, 3.63) is 71.9 Å². The lowest BCUT2D eigenvalue weighted by molar-refractivity contribution is -0.116. The Morgan fingerprint density at radius 2 is 1.81 bits per heavy atom. The van der Waals surface area contributed by atoms with E-state index in [0.717, 1.165) is 28.3 Å². The lowest BCUT2D eigenvalue weighted by Crippen LogP contribution is -2.12. The van der Waals surface area contributed by atoms with E-state index in [4.69, 9.17) is 9.84 Å². The molecule has 0 radical (unpaired) electrons. The van der Waals surface area contributed by atoms with Gasteiger partial charge in [0.25, 0.3) is 5.91 Å². The number of hydrogen-bond acceptors (Lipinski definition) is 4. The maximum Gasteiger partial charge on any atom is 0.273 e. The second-order valence-corrected chi connectivity index (χ2v) is 6.14. The number of carbonyl (C=O) groups excluding carboxylic acids is 1. The SMILES string of the molecule is COc1ccc(-c2nn(-c3ccccc3)cc2C=C2C(=O)NN=C2C)cc1. The van der Waals surface area contributed by atoms with Crippen molar-refractivity contribution >= 4 is 17.7 Å². The second kappa shape index (κ2) is 6.92. The molecule has 2 heterocycles. The lowest BCUT2D eigenvalue weighted by Gasteiger charge is -2.03. The molecule has 1 N–H and O–H groups in total. The molecule has 1 aromatic heterocycles. The highest BCUT2D eigenvalue weighted by Gasteiger charge is 2.20. The maximum absolute atomic E-state index is 12.1. The van der Waals surface area contributed by atoms with Gasteiger partial charge >= 0.3 is 0 Å². The average Bonchev–Trinajstić information content (AvgIpc) is 3.28. The van der Waals surface area contributed by atoms with Gasteiger partial charge in [0.15, 0.2) is 0 Å². The maximum atomic E-state index is 12.1. The van der Waals surface area contributed by atoms with E-state index >= 15 is 0 Å². The highest BCUT2D eigenvalue weighted by Crippen LogP contribution is 2.28. The lowest BCUT2D eigenvalue weighted by atomic mass is 10.0. The van der Waals surface area contributed by atoms with Gasteiger partial charge in [-0.2, -0.15) is 10.2 Å². The smallest absolute Gasteiger partial charge is 0.273 e. The van der Waals surface area contributed by atoms with Crippen LogP contribution in [-0.4, -0.2) is 28.5 Å². The van der Waals surface area contributed by atoms with Gasteiger partial charge in [-0.1, -0.05) is 18.2 Å². The number of nitrogens with one attached hydrogen (secondary N) is 1. The number of benzene rings is 2. The minimum atomic E-state index is -0.208. The van der Waals surface area contributed by atoms with E-state index in [1.807, 2.05) is 71.6 Å². The van der Waals surface area contributed by atoms with Crippen LogP contribution < -0.4 is 10.2 Å². The number of hydrogen-bond donors (Lipinski definition) is 1. The molecule has 0 saturated heterocycles. The molecular formula is C21H18N4O2. The van der Waals surface area contributed by atoms with Crippen molar-refractivity contribution in [1.29, 1.82) is 0 Å². The van der Waals surface area contributed by atoms with Crippen molar-refractivity contribution in [2.24, 2.45) is 5.10 Å². The first-order chi connectivity index (χ1) is 13.2. The van der Waals surface area contributed by atoms with Crippen molar-refractivity contribution in [2.75, 3.05) is 7.11 Å². The van der Waals surface area contributed by atoms with Crippen LogP contribution in [0.5, 0.6) is 5.75 Å². The van der Waals surface area contributed by atoms with Gasteiger partial charge in [-0.15, -0.1) is 0 Å². The van der Waals surface area contributed by atoms with Crippen LogP contribution >= 0.6 is 0 Å². The van der Waals surface area contributed by atoms with E-state index in [9.17, 15) is 4.79 Å². The van der Waals surface area contributed by atoms with E-state index in [-0.39, 0.29) is 5.91 Å². The van der Waals surface area contributed by atoms with Crippen LogP contribution in [-0.2, 0) is 4.79 Å². The van der Waals surface area contributed by atoms with Gasteiger partial charge in [0, 0.05) is 17.3 Å². The van der Waals surface area contributed by atoms with E-state index in [1.165, 1.54) is 0 Å². The minimum Gasteiger partial charge on any atom is -0.497 e. The number of nitrogens with zero attached hydrogens (tertiary/aromatic N) is 3. The molecule has 0 fully saturated rings. The first-order valence-electron chi connectivity index (χ1n) is 8.52. The van der Waals surface area contributed by atoms with Crippen LogP contribution in [0.4, 0.5) is 0 Å². The van der Waals surface area contributed by atoms with Crippen molar-refractivity contribution in [1.82, 2.24) is 15.2 Å². The molecule has 6 nitrogen and oxygen atoms in total. The number of rotatable bonds is 4. The van der Waals surface area contributed by atoms with Gasteiger partial charge in [-0.05, 0) is 49.4 Å². The van der Waals surface area contributed by atoms with Crippen molar-refractivity contribution in [3.63, 3.8) is 0 Å². The summed E-state index contributed by atoms with van der Waals surface area (Å²) >= 11 is 0. The Labute approximate surface area is 156 Å². The van der Waals surface area contributed by atoms with E-state index in [2.05, 4.69) is 10.5 Å². The molecule has 1 aliphatic rings. The van der Waals surface area contributed by atoms with Gasteiger partial charge in [0.1, 0.15) is 5.75 Å². The molecular weight excluding hydrogens is 340 g/mol. The van der Waals surface area contributed by atoms with Gasteiger partial charge in [0.05, 0.1) is 29.8 Å². The molecule has 0 bridgehead atoms. The molecule has 0 saturated carbocycles. The summed E-state index contributed by atoms with van der Waals surface area (Å²) in [5.41, 5.74) is 7.18. The molecule has 4 rings (SSSR count). The van der Waals surface area contributed by atoms with Crippen LogP contribution in [0.3, 0.4) is 0 Å². The van der Waals surface area contributed by atoms with Gasteiger partial charge in [-0.3, -0.25) is 4.79 Å². The Morgan fingerprint density at radius 1 is 1.07 bits per heavy atom. The third-order valence-electron chi connectivity index (χ3n) is 4.39. The van der Waals surface area contributed by atoms with Crippen molar-refractivity contribution in [3.8, 4) is 22.7 Å². The fourth-order valence-corrected chi connectivity index (χ4v) is 2.92. The average molecular weight is 358 g/mol. The molecule has 134 valence electrons. The molecule has 0 aliphatic carbocycles. The summed E-state index contributed by atoms with van der Waals surface area (Å²) in [6.45, 7) is 1.80. The normalized spacial score (nSPS) is 15.0. The highest BCUT2D eigenvalue weighted by atomic mass is 16.5. The molecule has 3 aromatic rings. The van der Waals surface area contributed by atoms with Crippen LogP contribution in [0, 0.1) is 0 Å². The summed E-state index contributed by atoms with van der Waals surface area (Å²) in [5, 5.41) is 8.75. The zero-order valence-corrected chi connectivity index (χ0v) is 15.0. The summed E-state index contributed by atoms with van der Waals surface area (Å²) in [5.74, 6) is 0.569. The van der Waals surface area contributed by atoms with E-state index in [0.29, 0.717) is 11.3 Å². The fourth-order valence-electron chi connectivity index (χ4n) is 2.92. The number of hydrazone groups is 1. The Morgan fingerprint density at radius 3 is 2.44 bits per heavy atom. The standard InChI is InChI=1S/C21H18N4O2/c1-14-19(21(26)23-22-14)12-16-13-25(17-6-4-3-5-7-17)24-20(16)15-8-10-18(27-2)11-9-15/h3-13H,1-2H3,(H,23,26). The minimum absolute atomic E-state index is 0.208. The fraction of sp³-hybridized carbons (Fsp3) is 0.0952. The summed E-state index contributed by atoms with van der Waals surface area (Å²) in [7, 11) is 1.63. The zero-order valence-electron chi connectivity index (χ0n) is 15.0. The quantitative estimate of drug-likeness (QED) is 0.727. The van der Waals surface area contributed by atoms with Gasteiger partial charge in [-0.25, -0.2) is 10.1 Å². The first-order valence-corrected chi connectivity index (χ1v) is 8.52. The Kier molecular flexibility index (Phi) is 4.30. The zero-order chi connectivity index (χ0) is 18.8. The summed E-state index contributed by atoms with van der Waals surface area (Å²) in [6, 6.07) is 17.5. The third-order valence-corrected chi connectivity index (χ3v) is 4.39. The largest absolute Gasteiger partial charge is 0.497 e. The predicted octanol–water partition coefficient (Wildman–Crippen LogP) is 3.44. The van der Waals surface area contributed by atoms with Gasteiger partial charge in [0.2, 0.25) is 0 Å².